The number of thiazole rings is 1. The molecule has 0 spiro atoms. The molecule has 108 valence electrons. The Bertz CT molecular complexity index is 510. The maximum Gasteiger partial charge on any atom is 0.0795 e. The lowest BCUT2D eigenvalue weighted by Crippen LogP contribution is -2.24. The van der Waals surface area contributed by atoms with Crippen LogP contribution in [-0.2, 0) is 6.54 Å². The van der Waals surface area contributed by atoms with E-state index in [0.717, 1.165) is 25.2 Å². The predicted molar refractivity (Wildman–Crippen MR) is 87.4 cm³/mol. The van der Waals surface area contributed by atoms with E-state index in [-0.39, 0.29) is 0 Å². The van der Waals surface area contributed by atoms with Crippen molar-refractivity contribution in [1.82, 2.24) is 10.3 Å². The Hall–Kier alpha value is -1.39. The van der Waals surface area contributed by atoms with Gasteiger partial charge in [-0.2, -0.15) is 0 Å². The van der Waals surface area contributed by atoms with Gasteiger partial charge in [0.1, 0.15) is 0 Å². The summed E-state index contributed by atoms with van der Waals surface area (Å²) in [5.41, 5.74) is 5.64. The number of hydrogen-bond donors (Lipinski definition) is 1. The van der Waals surface area contributed by atoms with Crippen LogP contribution < -0.4 is 10.2 Å². The normalized spacial score (nSPS) is 12.3. The first kappa shape index (κ1) is 15.0. The van der Waals surface area contributed by atoms with Gasteiger partial charge in [-0.15, -0.1) is 11.3 Å². The zero-order chi connectivity index (χ0) is 14.4. The van der Waals surface area contributed by atoms with Crippen LogP contribution in [0.25, 0.3) is 0 Å². The van der Waals surface area contributed by atoms with E-state index in [1.807, 2.05) is 5.51 Å². The van der Waals surface area contributed by atoms with Gasteiger partial charge < -0.3 is 10.2 Å². The van der Waals surface area contributed by atoms with Crippen LogP contribution in [0, 0.1) is 0 Å². The van der Waals surface area contributed by atoms with Crippen molar-refractivity contribution in [2.75, 3.05) is 18.5 Å². The smallest absolute Gasteiger partial charge is 0.0795 e. The molecular formula is C16H23N3S. The molecule has 0 amide bonds. The minimum Gasteiger partial charge on any atom is -0.368 e. The van der Waals surface area contributed by atoms with Gasteiger partial charge in [0.25, 0.3) is 0 Å². The van der Waals surface area contributed by atoms with Gasteiger partial charge in [-0.25, -0.2) is 4.98 Å². The number of rotatable bonds is 7. The van der Waals surface area contributed by atoms with E-state index in [9.17, 15) is 0 Å². The predicted octanol–water partition coefficient (Wildman–Crippen LogP) is 3.84. The van der Waals surface area contributed by atoms with Crippen molar-refractivity contribution in [2.45, 2.75) is 32.9 Å². The van der Waals surface area contributed by atoms with Gasteiger partial charge in [0, 0.05) is 24.2 Å². The minimum absolute atomic E-state index is 0.365. The van der Waals surface area contributed by atoms with E-state index >= 15 is 0 Å². The van der Waals surface area contributed by atoms with E-state index in [1.165, 1.54) is 11.3 Å². The molecule has 1 heterocycles. The molecule has 0 fully saturated rings. The van der Waals surface area contributed by atoms with Gasteiger partial charge in [0.05, 0.1) is 17.7 Å². The summed E-state index contributed by atoms with van der Waals surface area (Å²) in [5.74, 6) is 0. The SMILES string of the molecule is CCCNC(C)c1ccccc1N(C)Cc1cscn1. The van der Waals surface area contributed by atoms with Crippen LogP contribution in [0.2, 0.25) is 0 Å². The highest BCUT2D eigenvalue weighted by molar-refractivity contribution is 7.07. The van der Waals surface area contributed by atoms with Gasteiger partial charge in [-0.05, 0) is 31.5 Å². The Morgan fingerprint density at radius 1 is 1.35 bits per heavy atom. The first-order valence-electron chi connectivity index (χ1n) is 7.13. The van der Waals surface area contributed by atoms with Crippen molar-refractivity contribution in [2.24, 2.45) is 0 Å². The zero-order valence-electron chi connectivity index (χ0n) is 12.5. The molecule has 1 aromatic heterocycles. The molecule has 20 heavy (non-hydrogen) atoms. The molecule has 0 saturated carbocycles. The van der Waals surface area contributed by atoms with E-state index in [2.05, 4.69) is 65.7 Å². The molecule has 2 rings (SSSR count). The van der Waals surface area contributed by atoms with Gasteiger partial charge in [-0.3, -0.25) is 0 Å². The first-order chi connectivity index (χ1) is 9.72. The number of anilines is 1. The van der Waals surface area contributed by atoms with E-state index in [4.69, 9.17) is 0 Å². The largest absolute Gasteiger partial charge is 0.368 e. The summed E-state index contributed by atoms with van der Waals surface area (Å²) in [6.45, 7) is 6.32. The van der Waals surface area contributed by atoms with Crippen molar-refractivity contribution in [1.29, 1.82) is 0 Å². The Morgan fingerprint density at radius 2 is 2.15 bits per heavy atom. The standard InChI is InChI=1S/C16H23N3S/c1-4-9-17-13(2)15-7-5-6-8-16(15)19(3)10-14-11-20-12-18-14/h5-8,11-13,17H,4,9-10H2,1-3H3. The first-order valence-corrected chi connectivity index (χ1v) is 8.07. The molecule has 0 aliphatic heterocycles. The van der Waals surface area contributed by atoms with Gasteiger partial charge in [0.2, 0.25) is 0 Å². The molecule has 1 aromatic carbocycles. The minimum atomic E-state index is 0.365. The lowest BCUT2D eigenvalue weighted by Gasteiger charge is -2.25. The maximum atomic E-state index is 4.37. The average molecular weight is 289 g/mol. The molecule has 1 unspecified atom stereocenters. The van der Waals surface area contributed by atoms with Crippen LogP contribution in [0.5, 0.6) is 0 Å². The fourth-order valence-corrected chi connectivity index (χ4v) is 2.87. The third-order valence-corrected chi connectivity index (χ3v) is 4.03. The molecule has 0 aliphatic rings. The summed E-state index contributed by atoms with van der Waals surface area (Å²) in [6, 6.07) is 8.97. The number of aromatic nitrogens is 1. The highest BCUT2D eigenvalue weighted by atomic mass is 32.1. The van der Waals surface area contributed by atoms with E-state index < -0.39 is 0 Å². The topological polar surface area (TPSA) is 28.2 Å². The summed E-state index contributed by atoms with van der Waals surface area (Å²) in [7, 11) is 2.13. The Morgan fingerprint density at radius 3 is 2.85 bits per heavy atom. The Balaban J connectivity index is 2.14. The lowest BCUT2D eigenvalue weighted by molar-refractivity contribution is 0.570. The highest BCUT2D eigenvalue weighted by Gasteiger charge is 2.13. The maximum absolute atomic E-state index is 4.37. The molecule has 4 heteroatoms. The Labute approximate surface area is 125 Å². The van der Waals surface area contributed by atoms with Crippen molar-refractivity contribution < 1.29 is 0 Å². The highest BCUT2D eigenvalue weighted by Crippen LogP contribution is 2.26. The van der Waals surface area contributed by atoms with Crippen LogP contribution in [0.1, 0.15) is 37.6 Å². The Kier molecular flexibility index (Phi) is 5.56. The van der Waals surface area contributed by atoms with Crippen LogP contribution in [-0.4, -0.2) is 18.6 Å². The van der Waals surface area contributed by atoms with Crippen molar-refractivity contribution in [3.05, 3.63) is 46.4 Å². The van der Waals surface area contributed by atoms with Crippen LogP contribution in [0.4, 0.5) is 5.69 Å². The number of para-hydroxylation sites is 1. The zero-order valence-corrected chi connectivity index (χ0v) is 13.3. The summed E-state index contributed by atoms with van der Waals surface area (Å²) in [4.78, 5) is 6.64. The molecule has 1 N–H and O–H groups in total. The van der Waals surface area contributed by atoms with Crippen LogP contribution in [0.15, 0.2) is 35.2 Å². The third-order valence-electron chi connectivity index (χ3n) is 3.40. The van der Waals surface area contributed by atoms with Crippen LogP contribution >= 0.6 is 11.3 Å². The molecule has 1 atom stereocenters. The summed E-state index contributed by atoms with van der Waals surface area (Å²) in [6.07, 6.45) is 1.15. The number of nitrogens with one attached hydrogen (secondary N) is 1. The summed E-state index contributed by atoms with van der Waals surface area (Å²) >= 11 is 1.65. The summed E-state index contributed by atoms with van der Waals surface area (Å²) in [5, 5.41) is 5.67. The van der Waals surface area contributed by atoms with Crippen molar-refractivity contribution in [3.63, 3.8) is 0 Å². The second-order valence-electron chi connectivity index (χ2n) is 5.07. The summed E-state index contributed by atoms with van der Waals surface area (Å²) < 4.78 is 0. The molecule has 0 saturated heterocycles. The number of nitrogens with zero attached hydrogens (tertiary/aromatic N) is 2. The van der Waals surface area contributed by atoms with Gasteiger partial charge in [-0.1, -0.05) is 25.1 Å². The lowest BCUT2D eigenvalue weighted by atomic mass is 10.0. The average Bonchev–Trinajstić information content (AvgIpc) is 2.97. The van der Waals surface area contributed by atoms with Gasteiger partial charge >= 0.3 is 0 Å². The quantitative estimate of drug-likeness (QED) is 0.839. The molecule has 3 nitrogen and oxygen atoms in total. The molecule has 0 aliphatic carbocycles. The van der Waals surface area contributed by atoms with Gasteiger partial charge in [0.15, 0.2) is 0 Å². The fourth-order valence-electron chi connectivity index (χ4n) is 2.32. The van der Waals surface area contributed by atoms with Crippen molar-refractivity contribution in [3.8, 4) is 0 Å². The van der Waals surface area contributed by atoms with Crippen molar-refractivity contribution >= 4 is 17.0 Å². The molecule has 0 radical (unpaired) electrons. The monoisotopic (exact) mass is 289 g/mol. The van der Waals surface area contributed by atoms with Crippen LogP contribution in [0.3, 0.4) is 0 Å². The van der Waals surface area contributed by atoms with E-state index in [1.54, 1.807) is 11.3 Å². The fraction of sp³-hybridized carbons (Fsp3) is 0.438. The third kappa shape index (κ3) is 3.81. The number of benzene rings is 1. The molecule has 2 aromatic rings. The second-order valence-corrected chi connectivity index (χ2v) is 5.79. The number of hydrogen-bond acceptors (Lipinski definition) is 4. The second kappa shape index (κ2) is 7.41. The van der Waals surface area contributed by atoms with E-state index in [0.29, 0.717) is 6.04 Å². The molecular weight excluding hydrogens is 266 g/mol. The molecule has 0 bridgehead atoms.